The molecule has 2 aromatic carbocycles. The highest BCUT2D eigenvalue weighted by molar-refractivity contribution is 6.27. The first-order valence-corrected chi connectivity index (χ1v) is 8.78. The quantitative estimate of drug-likeness (QED) is 0.736. The highest BCUT2D eigenvalue weighted by Gasteiger charge is 2.44. The monoisotopic (exact) mass is 350 g/mol. The molecule has 4 heteroatoms. The number of carbonyl (C=O) groups excluding carboxylic acids is 3. The van der Waals surface area contributed by atoms with E-state index in [0.29, 0.717) is 16.9 Å². The SMILES string of the molecule is COc1ccc([C@@H](CC(=O)C(C)C)C2C(=O)c3ccccc3C2=O)cc1. The average Bonchev–Trinajstić information content (AvgIpc) is 2.91. The smallest absolute Gasteiger partial charge is 0.175 e. The summed E-state index contributed by atoms with van der Waals surface area (Å²) in [7, 11) is 1.58. The van der Waals surface area contributed by atoms with Gasteiger partial charge in [-0.2, -0.15) is 0 Å². The minimum Gasteiger partial charge on any atom is -0.497 e. The minimum absolute atomic E-state index is 0.0439. The van der Waals surface area contributed by atoms with Crippen LogP contribution in [0.4, 0.5) is 0 Å². The van der Waals surface area contributed by atoms with Crippen molar-refractivity contribution in [3.63, 3.8) is 0 Å². The van der Waals surface area contributed by atoms with Crippen LogP contribution < -0.4 is 4.74 Å². The second-order valence-corrected chi connectivity index (χ2v) is 6.96. The summed E-state index contributed by atoms with van der Waals surface area (Å²) >= 11 is 0. The van der Waals surface area contributed by atoms with Crippen molar-refractivity contribution in [1.29, 1.82) is 0 Å². The molecule has 0 N–H and O–H groups in total. The molecule has 0 heterocycles. The van der Waals surface area contributed by atoms with Crippen LogP contribution in [0, 0.1) is 11.8 Å². The molecular weight excluding hydrogens is 328 g/mol. The van der Waals surface area contributed by atoms with Gasteiger partial charge in [-0.1, -0.05) is 50.2 Å². The van der Waals surface area contributed by atoms with E-state index < -0.39 is 11.8 Å². The van der Waals surface area contributed by atoms with Gasteiger partial charge in [-0.3, -0.25) is 14.4 Å². The summed E-state index contributed by atoms with van der Waals surface area (Å²) in [6, 6.07) is 14.1. The summed E-state index contributed by atoms with van der Waals surface area (Å²) in [4.78, 5) is 38.3. The Balaban J connectivity index is 2.02. The third-order valence-corrected chi connectivity index (χ3v) is 5.03. The third kappa shape index (κ3) is 3.19. The van der Waals surface area contributed by atoms with E-state index in [1.165, 1.54) is 0 Å². The van der Waals surface area contributed by atoms with Crippen molar-refractivity contribution in [2.75, 3.05) is 7.11 Å². The number of benzene rings is 2. The molecule has 2 aromatic rings. The van der Waals surface area contributed by atoms with Crippen LogP contribution in [-0.2, 0) is 4.79 Å². The topological polar surface area (TPSA) is 60.4 Å². The zero-order valence-corrected chi connectivity index (χ0v) is 15.2. The first-order valence-electron chi connectivity index (χ1n) is 8.78. The van der Waals surface area contributed by atoms with Crippen molar-refractivity contribution in [2.45, 2.75) is 26.2 Å². The lowest BCUT2D eigenvalue weighted by Gasteiger charge is -2.22. The molecule has 0 saturated carbocycles. The van der Waals surface area contributed by atoms with Gasteiger partial charge in [0.1, 0.15) is 11.5 Å². The van der Waals surface area contributed by atoms with Crippen molar-refractivity contribution in [1.82, 2.24) is 0 Å². The highest BCUT2D eigenvalue weighted by atomic mass is 16.5. The van der Waals surface area contributed by atoms with Crippen molar-refractivity contribution in [2.24, 2.45) is 11.8 Å². The number of methoxy groups -OCH3 is 1. The summed E-state index contributed by atoms with van der Waals surface area (Å²) in [6.45, 7) is 3.67. The molecule has 1 aliphatic carbocycles. The Morgan fingerprint density at radius 3 is 1.96 bits per heavy atom. The van der Waals surface area contributed by atoms with Gasteiger partial charge in [0.05, 0.1) is 13.0 Å². The van der Waals surface area contributed by atoms with Gasteiger partial charge < -0.3 is 4.74 Å². The molecule has 1 aliphatic rings. The van der Waals surface area contributed by atoms with E-state index in [4.69, 9.17) is 4.74 Å². The normalized spacial score (nSPS) is 15.2. The number of hydrogen-bond acceptors (Lipinski definition) is 4. The van der Waals surface area contributed by atoms with E-state index in [1.807, 2.05) is 26.0 Å². The van der Waals surface area contributed by atoms with Crippen molar-refractivity contribution >= 4 is 17.3 Å². The minimum atomic E-state index is -0.844. The highest BCUT2D eigenvalue weighted by Crippen LogP contribution is 2.39. The predicted molar refractivity (Wildman–Crippen MR) is 98.8 cm³/mol. The van der Waals surface area contributed by atoms with Gasteiger partial charge in [0.2, 0.25) is 0 Å². The number of ketones is 3. The largest absolute Gasteiger partial charge is 0.497 e. The Bertz CT molecular complexity index is 814. The van der Waals surface area contributed by atoms with Gasteiger partial charge >= 0.3 is 0 Å². The molecule has 0 radical (unpaired) electrons. The molecule has 0 amide bonds. The molecule has 26 heavy (non-hydrogen) atoms. The van der Waals surface area contributed by atoms with E-state index in [-0.39, 0.29) is 29.7 Å². The van der Waals surface area contributed by atoms with Crippen LogP contribution in [0.1, 0.15) is 52.5 Å². The molecule has 0 bridgehead atoms. The van der Waals surface area contributed by atoms with Crippen molar-refractivity contribution < 1.29 is 19.1 Å². The van der Waals surface area contributed by atoms with Gasteiger partial charge in [0.15, 0.2) is 11.6 Å². The number of hydrogen-bond donors (Lipinski definition) is 0. The van der Waals surface area contributed by atoms with E-state index in [9.17, 15) is 14.4 Å². The van der Waals surface area contributed by atoms with Crippen molar-refractivity contribution in [3.05, 3.63) is 65.2 Å². The predicted octanol–water partition coefficient (Wildman–Crippen LogP) is 4.09. The standard InChI is InChI=1S/C22H22O4/c1-13(2)19(23)12-18(14-8-10-15(26-3)11-9-14)20-21(24)16-6-4-5-7-17(16)22(20)25/h4-11,13,18,20H,12H2,1-3H3/t18-/m1/s1. The lowest BCUT2D eigenvalue weighted by Crippen LogP contribution is -2.27. The van der Waals surface area contributed by atoms with Gasteiger partial charge in [0.25, 0.3) is 0 Å². The summed E-state index contributed by atoms with van der Waals surface area (Å²) in [5, 5.41) is 0. The summed E-state index contributed by atoms with van der Waals surface area (Å²) in [6.07, 6.45) is 0.167. The van der Waals surface area contributed by atoms with Crippen LogP contribution >= 0.6 is 0 Å². The number of ether oxygens (including phenoxy) is 1. The average molecular weight is 350 g/mol. The second kappa shape index (κ2) is 7.24. The van der Waals surface area contributed by atoms with E-state index in [2.05, 4.69) is 0 Å². The number of fused-ring (bicyclic) bond motifs is 1. The Labute approximate surface area is 153 Å². The zero-order valence-electron chi connectivity index (χ0n) is 15.2. The Morgan fingerprint density at radius 2 is 1.50 bits per heavy atom. The summed E-state index contributed by atoms with van der Waals surface area (Å²) < 4.78 is 5.19. The van der Waals surface area contributed by atoms with E-state index in [0.717, 1.165) is 5.56 Å². The van der Waals surface area contributed by atoms with Crippen molar-refractivity contribution in [3.8, 4) is 5.75 Å². The number of rotatable bonds is 6. The van der Waals surface area contributed by atoms with Crippen LogP contribution in [0.5, 0.6) is 5.75 Å². The fourth-order valence-electron chi connectivity index (χ4n) is 3.46. The third-order valence-electron chi connectivity index (χ3n) is 5.03. The molecular formula is C22H22O4. The van der Waals surface area contributed by atoms with Gasteiger partial charge in [-0.25, -0.2) is 0 Å². The molecule has 0 aliphatic heterocycles. The fourth-order valence-corrected chi connectivity index (χ4v) is 3.46. The zero-order chi connectivity index (χ0) is 18.8. The van der Waals surface area contributed by atoms with Gasteiger partial charge in [0, 0.05) is 29.4 Å². The van der Waals surface area contributed by atoms with Crippen LogP contribution in [-0.4, -0.2) is 24.5 Å². The first-order chi connectivity index (χ1) is 12.4. The second-order valence-electron chi connectivity index (χ2n) is 6.96. The molecule has 0 unspecified atom stereocenters. The Hall–Kier alpha value is -2.75. The number of Topliss-reactive ketones (excluding diaryl/α,β-unsaturated/α-hetero) is 3. The lowest BCUT2D eigenvalue weighted by molar-refractivity contribution is -0.122. The summed E-state index contributed by atoms with van der Waals surface area (Å²) in [5.74, 6) is -1.11. The van der Waals surface area contributed by atoms with Crippen LogP contribution in [0.2, 0.25) is 0 Å². The van der Waals surface area contributed by atoms with Crippen LogP contribution in [0.3, 0.4) is 0 Å². The van der Waals surface area contributed by atoms with Gasteiger partial charge in [-0.15, -0.1) is 0 Å². The van der Waals surface area contributed by atoms with E-state index in [1.54, 1.807) is 43.5 Å². The maximum atomic E-state index is 12.9. The maximum Gasteiger partial charge on any atom is 0.175 e. The molecule has 0 aromatic heterocycles. The van der Waals surface area contributed by atoms with E-state index >= 15 is 0 Å². The fraction of sp³-hybridized carbons (Fsp3) is 0.318. The Morgan fingerprint density at radius 1 is 0.962 bits per heavy atom. The maximum absolute atomic E-state index is 12.9. The first kappa shape index (κ1) is 18.1. The van der Waals surface area contributed by atoms with Crippen LogP contribution in [0.25, 0.3) is 0 Å². The molecule has 134 valence electrons. The molecule has 3 rings (SSSR count). The molecule has 1 atom stereocenters. The Kier molecular flexibility index (Phi) is 5.03. The summed E-state index contributed by atoms with van der Waals surface area (Å²) in [5.41, 5.74) is 1.72. The molecule has 0 saturated heterocycles. The van der Waals surface area contributed by atoms with Crippen LogP contribution in [0.15, 0.2) is 48.5 Å². The lowest BCUT2D eigenvalue weighted by atomic mass is 9.78. The van der Waals surface area contributed by atoms with Gasteiger partial charge in [-0.05, 0) is 17.7 Å². The molecule has 4 nitrogen and oxygen atoms in total. The number of carbonyl (C=O) groups is 3. The molecule has 0 spiro atoms. The molecule has 0 fully saturated rings.